The van der Waals surface area contributed by atoms with Gasteiger partial charge in [0.2, 0.25) is 0 Å². The average molecular weight is 339 g/mol. The van der Waals surface area contributed by atoms with Gasteiger partial charge in [0.1, 0.15) is 11.6 Å². The number of rotatable bonds is 1. The Morgan fingerprint density at radius 1 is 1.38 bits per heavy atom. The van der Waals surface area contributed by atoms with Crippen LogP contribution in [0.3, 0.4) is 0 Å². The second-order valence-corrected chi connectivity index (χ2v) is 8.44. The van der Waals surface area contributed by atoms with Crippen molar-refractivity contribution in [2.75, 3.05) is 5.75 Å². The lowest BCUT2D eigenvalue weighted by Crippen LogP contribution is -2.30. The Morgan fingerprint density at radius 2 is 2.12 bits per heavy atom. The van der Waals surface area contributed by atoms with Crippen LogP contribution >= 0.6 is 11.8 Å². The van der Waals surface area contributed by atoms with Crippen LogP contribution < -0.4 is 5.56 Å². The van der Waals surface area contributed by atoms with Crippen LogP contribution in [0.15, 0.2) is 34.2 Å². The minimum atomic E-state index is -0.191. The summed E-state index contributed by atoms with van der Waals surface area (Å²) in [6.07, 6.45) is 1.77. The zero-order chi connectivity index (χ0) is 17.5. The van der Waals surface area contributed by atoms with Gasteiger partial charge in [0.05, 0.1) is 5.03 Å². The second kappa shape index (κ2) is 6.10. The Morgan fingerprint density at radius 3 is 2.71 bits per heavy atom. The van der Waals surface area contributed by atoms with E-state index in [4.69, 9.17) is 0 Å². The van der Waals surface area contributed by atoms with Gasteiger partial charge < -0.3 is 4.57 Å². The molecule has 0 unspecified atom stereocenters. The Bertz CT molecular complexity index is 870. The summed E-state index contributed by atoms with van der Waals surface area (Å²) in [5.74, 6) is 1.43. The van der Waals surface area contributed by atoms with Crippen molar-refractivity contribution in [2.45, 2.75) is 44.7 Å². The maximum Gasteiger partial charge on any atom is 0.269 e. The summed E-state index contributed by atoms with van der Waals surface area (Å²) in [5, 5.41) is 10.5. The number of nitriles is 1. The monoisotopic (exact) mass is 339 g/mol. The normalized spacial score (nSPS) is 17.2. The fourth-order valence-corrected chi connectivity index (χ4v) is 3.92. The molecule has 3 rings (SSSR count). The van der Waals surface area contributed by atoms with Gasteiger partial charge in [0, 0.05) is 40.7 Å². The summed E-state index contributed by atoms with van der Waals surface area (Å²) in [4.78, 5) is 17.2. The van der Waals surface area contributed by atoms with Crippen LogP contribution in [0, 0.1) is 17.2 Å². The highest BCUT2D eigenvalue weighted by atomic mass is 32.2. The molecule has 0 N–H and O–H groups in total. The van der Waals surface area contributed by atoms with Crippen molar-refractivity contribution in [1.82, 2.24) is 9.55 Å². The van der Waals surface area contributed by atoms with Gasteiger partial charge in [-0.05, 0) is 18.1 Å². The van der Waals surface area contributed by atoms with Crippen LogP contribution in [0.25, 0.3) is 11.1 Å². The van der Waals surface area contributed by atoms with Crippen molar-refractivity contribution in [1.29, 1.82) is 5.26 Å². The van der Waals surface area contributed by atoms with Crippen LogP contribution in [-0.4, -0.2) is 15.3 Å². The quantitative estimate of drug-likeness (QED) is 0.792. The minimum Gasteiger partial charge on any atom is -0.302 e. The molecule has 1 atom stereocenters. The number of hydrogen-bond acceptors (Lipinski definition) is 4. The van der Waals surface area contributed by atoms with Gasteiger partial charge >= 0.3 is 0 Å². The third kappa shape index (κ3) is 2.99. The van der Waals surface area contributed by atoms with Gasteiger partial charge in [-0.3, -0.25) is 9.78 Å². The molecule has 0 saturated heterocycles. The fraction of sp³-hybridized carbons (Fsp3) is 0.421. The zero-order valence-electron chi connectivity index (χ0n) is 14.5. The standard InChI is InChI=1S/C19H21N3OS/c1-12-10-22-17(24-11-12)7-14(15(8-20)18(22)23)13-5-6-16(21-9-13)19(2,3)4/h5-7,9,12H,10-11H2,1-4H3/t12-/m1/s1. The molecule has 5 heteroatoms. The highest BCUT2D eigenvalue weighted by molar-refractivity contribution is 7.99. The molecule has 2 aromatic heterocycles. The van der Waals surface area contributed by atoms with E-state index in [0.29, 0.717) is 18.0 Å². The predicted octanol–water partition coefficient (Wildman–Crippen LogP) is 3.82. The van der Waals surface area contributed by atoms with E-state index in [1.165, 1.54) is 0 Å². The number of nitrogens with zero attached hydrogens (tertiary/aromatic N) is 3. The third-order valence-corrected chi connectivity index (χ3v) is 5.60. The van der Waals surface area contributed by atoms with Crippen molar-refractivity contribution in [3.05, 3.63) is 46.0 Å². The fourth-order valence-electron chi connectivity index (χ4n) is 2.84. The molecule has 0 saturated carbocycles. The molecule has 0 spiro atoms. The largest absolute Gasteiger partial charge is 0.302 e. The highest BCUT2D eigenvalue weighted by Crippen LogP contribution is 2.32. The first-order valence-electron chi connectivity index (χ1n) is 8.09. The Hall–Kier alpha value is -2.06. The van der Waals surface area contributed by atoms with Crippen molar-refractivity contribution < 1.29 is 0 Å². The molecule has 0 bridgehead atoms. The van der Waals surface area contributed by atoms with Crippen LogP contribution in [0.5, 0.6) is 0 Å². The average Bonchev–Trinajstić information content (AvgIpc) is 2.54. The summed E-state index contributed by atoms with van der Waals surface area (Å²) >= 11 is 1.68. The van der Waals surface area contributed by atoms with Gasteiger partial charge in [-0.15, -0.1) is 11.8 Å². The van der Waals surface area contributed by atoms with Crippen molar-refractivity contribution in [3.8, 4) is 17.2 Å². The summed E-state index contributed by atoms with van der Waals surface area (Å²) in [6.45, 7) is 9.13. The van der Waals surface area contributed by atoms with E-state index in [-0.39, 0.29) is 16.5 Å². The molecule has 2 aromatic rings. The van der Waals surface area contributed by atoms with Crippen molar-refractivity contribution in [3.63, 3.8) is 0 Å². The highest BCUT2D eigenvalue weighted by Gasteiger charge is 2.22. The molecule has 1 aliphatic rings. The topological polar surface area (TPSA) is 58.7 Å². The Labute approximate surface area is 146 Å². The van der Waals surface area contributed by atoms with Crippen LogP contribution in [-0.2, 0) is 12.0 Å². The number of fused-ring (bicyclic) bond motifs is 1. The lowest BCUT2D eigenvalue weighted by atomic mass is 9.91. The molecule has 0 aromatic carbocycles. The minimum absolute atomic E-state index is 0.0298. The summed E-state index contributed by atoms with van der Waals surface area (Å²) in [5.41, 5.74) is 2.48. The maximum atomic E-state index is 12.7. The number of thioether (sulfide) groups is 1. The third-order valence-electron chi connectivity index (χ3n) is 4.23. The molecule has 24 heavy (non-hydrogen) atoms. The van der Waals surface area contributed by atoms with E-state index in [9.17, 15) is 10.1 Å². The Kier molecular flexibility index (Phi) is 4.27. The Balaban J connectivity index is 2.14. The molecule has 1 aliphatic heterocycles. The number of hydrogen-bond donors (Lipinski definition) is 0. The van der Waals surface area contributed by atoms with Crippen LogP contribution in [0.2, 0.25) is 0 Å². The first kappa shape index (κ1) is 16.8. The first-order valence-corrected chi connectivity index (χ1v) is 9.07. The molecule has 124 valence electrons. The van der Waals surface area contributed by atoms with E-state index in [1.54, 1.807) is 22.5 Å². The molecule has 0 aliphatic carbocycles. The lowest BCUT2D eigenvalue weighted by Gasteiger charge is -2.24. The van der Waals surface area contributed by atoms with Crippen molar-refractivity contribution in [2.24, 2.45) is 5.92 Å². The van der Waals surface area contributed by atoms with E-state index in [0.717, 1.165) is 22.0 Å². The van der Waals surface area contributed by atoms with Gasteiger partial charge in [0.15, 0.2) is 0 Å². The van der Waals surface area contributed by atoms with E-state index in [1.807, 2.05) is 18.2 Å². The van der Waals surface area contributed by atoms with Gasteiger partial charge in [-0.2, -0.15) is 5.26 Å². The number of aromatic nitrogens is 2. The van der Waals surface area contributed by atoms with Gasteiger partial charge in [-0.25, -0.2) is 0 Å². The predicted molar refractivity (Wildman–Crippen MR) is 97.2 cm³/mol. The number of pyridine rings is 2. The van der Waals surface area contributed by atoms with Gasteiger partial charge in [-0.1, -0.05) is 33.8 Å². The summed E-state index contributed by atoms with van der Waals surface area (Å²) in [6, 6.07) is 7.99. The summed E-state index contributed by atoms with van der Waals surface area (Å²) < 4.78 is 1.73. The maximum absolute atomic E-state index is 12.7. The van der Waals surface area contributed by atoms with E-state index >= 15 is 0 Å². The first-order chi connectivity index (χ1) is 11.3. The van der Waals surface area contributed by atoms with Crippen LogP contribution in [0.1, 0.15) is 39.0 Å². The summed E-state index contributed by atoms with van der Waals surface area (Å²) in [7, 11) is 0. The van der Waals surface area contributed by atoms with E-state index in [2.05, 4.69) is 38.7 Å². The smallest absolute Gasteiger partial charge is 0.269 e. The molecule has 0 amide bonds. The molecule has 4 nitrogen and oxygen atoms in total. The lowest BCUT2D eigenvalue weighted by molar-refractivity contribution is 0.474. The second-order valence-electron chi connectivity index (χ2n) is 7.40. The van der Waals surface area contributed by atoms with Gasteiger partial charge in [0.25, 0.3) is 5.56 Å². The molecular weight excluding hydrogens is 318 g/mol. The molecule has 0 fully saturated rings. The SMILES string of the molecule is C[C@H]1CSc2cc(-c3ccc(C(C)(C)C)nc3)c(C#N)c(=O)n2C1. The van der Waals surface area contributed by atoms with Crippen LogP contribution in [0.4, 0.5) is 0 Å². The van der Waals surface area contributed by atoms with Crippen molar-refractivity contribution >= 4 is 11.8 Å². The molecular formula is C19H21N3OS. The molecule has 3 heterocycles. The zero-order valence-corrected chi connectivity index (χ0v) is 15.3. The molecule has 0 radical (unpaired) electrons. The van der Waals surface area contributed by atoms with E-state index < -0.39 is 0 Å².